The summed E-state index contributed by atoms with van der Waals surface area (Å²) in [6, 6.07) is 8.59. The molecule has 1 aliphatic carbocycles. The molecular weight excluding hydrogens is 224 g/mol. The maximum Gasteiger partial charge on any atom is 0.229 e. The molecule has 0 radical (unpaired) electrons. The van der Waals surface area contributed by atoms with Crippen LogP contribution in [0.25, 0.3) is 0 Å². The number of rotatable bonds is 2. The van der Waals surface area contributed by atoms with Crippen LogP contribution in [0.1, 0.15) is 37.3 Å². The molecule has 2 atom stereocenters. The van der Waals surface area contributed by atoms with Gasteiger partial charge in [-0.1, -0.05) is 38.1 Å². The zero-order chi connectivity index (χ0) is 12.8. The SMILES string of the molecule is CC1(C)CC1NC(=O)C1CNCc2ccccc21. The molecule has 0 spiro atoms. The third-order valence-corrected chi connectivity index (χ3v) is 4.24. The summed E-state index contributed by atoms with van der Waals surface area (Å²) in [7, 11) is 0. The van der Waals surface area contributed by atoms with Crippen LogP contribution in [0.15, 0.2) is 24.3 Å². The lowest BCUT2D eigenvalue weighted by molar-refractivity contribution is -0.122. The smallest absolute Gasteiger partial charge is 0.229 e. The van der Waals surface area contributed by atoms with Gasteiger partial charge in [0.2, 0.25) is 5.91 Å². The Bertz CT molecular complexity index is 481. The van der Waals surface area contributed by atoms with E-state index in [-0.39, 0.29) is 17.2 Å². The predicted octanol–water partition coefficient (Wildman–Crippen LogP) is 1.79. The van der Waals surface area contributed by atoms with Gasteiger partial charge in [0, 0.05) is 19.1 Å². The van der Waals surface area contributed by atoms with E-state index < -0.39 is 0 Å². The first kappa shape index (κ1) is 11.7. The highest BCUT2D eigenvalue weighted by atomic mass is 16.2. The molecule has 3 nitrogen and oxygen atoms in total. The van der Waals surface area contributed by atoms with E-state index in [0.29, 0.717) is 6.04 Å². The lowest BCUT2D eigenvalue weighted by Gasteiger charge is -2.25. The largest absolute Gasteiger partial charge is 0.352 e. The van der Waals surface area contributed by atoms with Gasteiger partial charge in [-0.15, -0.1) is 0 Å². The number of hydrogen-bond donors (Lipinski definition) is 2. The first-order valence-corrected chi connectivity index (χ1v) is 6.67. The van der Waals surface area contributed by atoms with Crippen molar-refractivity contribution < 1.29 is 4.79 Å². The molecule has 1 aliphatic heterocycles. The molecule has 2 N–H and O–H groups in total. The van der Waals surface area contributed by atoms with Gasteiger partial charge in [0.25, 0.3) is 0 Å². The fourth-order valence-corrected chi connectivity index (χ4v) is 2.72. The number of carbonyl (C=O) groups is 1. The summed E-state index contributed by atoms with van der Waals surface area (Å²) in [4.78, 5) is 12.3. The molecule has 1 aromatic rings. The Morgan fingerprint density at radius 3 is 2.83 bits per heavy atom. The molecule has 1 saturated carbocycles. The van der Waals surface area contributed by atoms with Gasteiger partial charge in [0.15, 0.2) is 0 Å². The highest BCUT2D eigenvalue weighted by molar-refractivity contribution is 5.85. The van der Waals surface area contributed by atoms with Crippen molar-refractivity contribution >= 4 is 5.91 Å². The third-order valence-electron chi connectivity index (χ3n) is 4.24. The molecule has 1 fully saturated rings. The molecule has 1 amide bonds. The Labute approximate surface area is 108 Å². The molecule has 2 aliphatic rings. The van der Waals surface area contributed by atoms with E-state index in [1.54, 1.807) is 0 Å². The summed E-state index contributed by atoms with van der Waals surface area (Å²) in [6.07, 6.45) is 1.10. The van der Waals surface area contributed by atoms with Crippen LogP contribution in [0.2, 0.25) is 0 Å². The molecule has 0 bridgehead atoms. The van der Waals surface area contributed by atoms with Crippen LogP contribution in [0.5, 0.6) is 0 Å². The van der Waals surface area contributed by atoms with Gasteiger partial charge in [-0.2, -0.15) is 0 Å². The minimum Gasteiger partial charge on any atom is -0.352 e. The number of fused-ring (bicyclic) bond motifs is 1. The second kappa shape index (κ2) is 4.09. The van der Waals surface area contributed by atoms with Crippen LogP contribution in [0.3, 0.4) is 0 Å². The second-order valence-corrected chi connectivity index (χ2v) is 6.14. The number of benzene rings is 1. The average Bonchev–Trinajstić information content (AvgIpc) is 2.95. The van der Waals surface area contributed by atoms with E-state index in [2.05, 4.69) is 36.6 Å². The third kappa shape index (κ3) is 2.03. The number of carbonyl (C=O) groups excluding carboxylic acids is 1. The number of hydrogen-bond acceptors (Lipinski definition) is 2. The minimum atomic E-state index is -0.0358. The van der Waals surface area contributed by atoms with E-state index in [4.69, 9.17) is 0 Å². The van der Waals surface area contributed by atoms with Crippen molar-refractivity contribution in [2.24, 2.45) is 5.41 Å². The van der Waals surface area contributed by atoms with Gasteiger partial charge in [0.05, 0.1) is 5.92 Å². The Hall–Kier alpha value is -1.35. The Morgan fingerprint density at radius 1 is 1.39 bits per heavy atom. The minimum absolute atomic E-state index is 0.0358. The van der Waals surface area contributed by atoms with E-state index in [9.17, 15) is 4.79 Å². The maximum atomic E-state index is 12.3. The Balaban J connectivity index is 1.75. The lowest BCUT2D eigenvalue weighted by atomic mass is 9.90. The summed E-state index contributed by atoms with van der Waals surface area (Å²) in [5.41, 5.74) is 2.73. The quantitative estimate of drug-likeness (QED) is 0.832. The second-order valence-electron chi connectivity index (χ2n) is 6.14. The van der Waals surface area contributed by atoms with Crippen molar-refractivity contribution in [1.82, 2.24) is 10.6 Å². The zero-order valence-corrected chi connectivity index (χ0v) is 11.0. The fraction of sp³-hybridized carbons (Fsp3) is 0.533. The van der Waals surface area contributed by atoms with Gasteiger partial charge in [-0.3, -0.25) is 4.79 Å². The Morgan fingerprint density at radius 2 is 2.11 bits per heavy atom. The van der Waals surface area contributed by atoms with Crippen molar-refractivity contribution in [3.63, 3.8) is 0 Å². The number of nitrogens with one attached hydrogen (secondary N) is 2. The van der Waals surface area contributed by atoms with E-state index in [0.717, 1.165) is 19.5 Å². The molecule has 3 heteroatoms. The molecule has 1 heterocycles. The fourth-order valence-electron chi connectivity index (χ4n) is 2.72. The van der Waals surface area contributed by atoms with Crippen molar-refractivity contribution in [3.8, 4) is 0 Å². The number of amides is 1. The lowest BCUT2D eigenvalue weighted by Crippen LogP contribution is -2.40. The summed E-state index contributed by atoms with van der Waals surface area (Å²) in [6.45, 7) is 6.01. The first-order chi connectivity index (χ1) is 8.58. The standard InChI is InChI=1S/C15H20N2O/c1-15(2)7-13(15)17-14(18)12-9-16-8-10-5-3-4-6-11(10)12/h3-6,12-13,16H,7-9H2,1-2H3,(H,17,18). The van der Waals surface area contributed by atoms with Gasteiger partial charge >= 0.3 is 0 Å². The van der Waals surface area contributed by atoms with Gasteiger partial charge in [-0.25, -0.2) is 0 Å². The Kier molecular flexibility index (Phi) is 2.67. The summed E-state index contributed by atoms with van der Waals surface area (Å²) < 4.78 is 0. The highest BCUT2D eigenvalue weighted by Crippen LogP contribution is 2.44. The molecule has 18 heavy (non-hydrogen) atoms. The molecule has 0 saturated heterocycles. The van der Waals surface area contributed by atoms with E-state index in [1.807, 2.05) is 12.1 Å². The summed E-state index contributed by atoms with van der Waals surface area (Å²) in [5.74, 6) is 0.136. The van der Waals surface area contributed by atoms with Crippen LogP contribution in [0.4, 0.5) is 0 Å². The maximum absolute atomic E-state index is 12.3. The van der Waals surface area contributed by atoms with Crippen molar-refractivity contribution in [3.05, 3.63) is 35.4 Å². The predicted molar refractivity (Wildman–Crippen MR) is 71.2 cm³/mol. The average molecular weight is 244 g/mol. The van der Waals surface area contributed by atoms with Crippen LogP contribution >= 0.6 is 0 Å². The highest BCUT2D eigenvalue weighted by Gasteiger charge is 2.47. The topological polar surface area (TPSA) is 41.1 Å². The van der Waals surface area contributed by atoms with Gasteiger partial charge < -0.3 is 10.6 Å². The monoisotopic (exact) mass is 244 g/mol. The zero-order valence-electron chi connectivity index (χ0n) is 11.0. The van der Waals surface area contributed by atoms with Crippen molar-refractivity contribution in [2.45, 2.75) is 38.8 Å². The van der Waals surface area contributed by atoms with E-state index in [1.165, 1.54) is 11.1 Å². The molecule has 2 unspecified atom stereocenters. The molecule has 3 rings (SSSR count). The van der Waals surface area contributed by atoms with Crippen LogP contribution < -0.4 is 10.6 Å². The molecular formula is C15H20N2O. The normalized spacial score (nSPS) is 28.3. The van der Waals surface area contributed by atoms with Gasteiger partial charge in [0.1, 0.15) is 0 Å². The van der Waals surface area contributed by atoms with Crippen molar-refractivity contribution in [2.75, 3.05) is 6.54 Å². The summed E-state index contributed by atoms with van der Waals surface area (Å²) in [5, 5.41) is 6.50. The van der Waals surface area contributed by atoms with Gasteiger partial charge in [-0.05, 0) is 23.0 Å². The van der Waals surface area contributed by atoms with Crippen LogP contribution in [-0.4, -0.2) is 18.5 Å². The first-order valence-electron chi connectivity index (χ1n) is 6.67. The van der Waals surface area contributed by atoms with Crippen LogP contribution in [-0.2, 0) is 11.3 Å². The molecule has 1 aromatic carbocycles. The van der Waals surface area contributed by atoms with Crippen molar-refractivity contribution in [1.29, 1.82) is 0 Å². The molecule has 0 aromatic heterocycles. The summed E-state index contributed by atoms with van der Waals surface area (Å²) >= 11 is 0. The van der Waals surface area contributed by atoms with E-state index >= 15 is 0 Å². The molecule has 96 valence electrons. The van der Waals surface area contributed by atoms with Crippen LogP contribution in [0, 0.1) is 5.41 Å².